The van der Waals surface area contributed by atoms with Crippen LogP contribution in [0, 0.1) is 9.49 Å². The van der Waals surface area contributed by atoms with Crippen LogP contribution in [0.3, 0.4) is 0 Å². The van der Waals surface area contributed by atoms with Crippen LogP contribution < -0.4 is 0 Å². The molecule has 1 aliphatic rings. The Bertz CT molecular complexity index is 878. The Morgan fingerprint density at radius 2 is 1.81 bits per heavy atom. The highest BCUT2D eigenvalue weighted by Crippen LogP contribution is 2.42. The van der Waals surface area contributed by atoms with Crippen molar-refractivity contribution >= 4 is 41.0 Å². The summed E-state index contributed by atoms with van der Waals surface area (Å²) in [6.45, 7) is 10.6. The van der Waals surface area contributed by atoms with Crippen LogP contribution in [0.4, 0.5) is 13.2 Å². The van der Waals surface area contributed by atoms with Gasteiger partial charge in [0.2, 0.25) is 0 Å². The lowest BCUT2D eigenvalue weighted by atomic mass is 9.82. The first-order chi connectivity index (χ1) is 14.4. The van der Waals surface area contributed by atoms with Gasteiger partial charge < -0.3 is 4.43 Å². The van der Waals surface area contributed by atoms with Crippen molar-refractivity contribution < 1.29 is 30.6 Å². The molecule has 6 nitrogen and oxygen atoms in total. The molecule has 0 radical (unpaired) electrons. The maximum atomic E-state index is 13.2. The highest BCUT2D eigenvalue weighted by Gasteiger charge is 2.42. The van der Waals surface area contributed by atoms with Crippen LogP contribution in [0.2, 0.25) is 18.1 Å². The second kappa shape index (κ2) is 10.2. The molecule has 1 aliphatic carbocycles. The minimum atomic E-state index is -4.71. The van der Waals surface area contributed by atoms with Gasteiger partial charge in [-0.2, -0.15) is 18.2 Å². The number of halogens is 4. The Balaban J connectivity index is 2.44. The Morgan fingerprint density at radius 1 is 1.25 bits per heavy atom. The van der Waals surface area contributed by atoms with E-state index in [9.17, 15) is 26.1 Å². The van der Waals surface area contributed by atoms with Gasteiger partial charge in [-0.25, -0.2) is 0 Å². The molecule has 2 atom stereocenters. The molecule has 0 bridgehead atoms. The molecule has 1 saturated carbocycles. The molecule has 0 amide bonds. The van der Waals surface area contributed by atoms with Gasteiger partial charge in [0.05, 0.1) is 15.0 Å². The first-order valence-electron chi connectivity index (χ1n) is 10.9. The van der Waals surface area contributed by atoms with Crippen molar-refractivity contribution in [2.75, 3.05) is 5.75 Å². The van der Waals surface area contributed by atoms with E-state index in [2.05, 4.69) is 39.0 Å². The smallest absolute Gasteiger partial charge is 0.414 e. The van der Waals surface area contributed by atoms with E-state index in [0.29, 0.717) is 0 Å². The molecule has 0 aliphatic heterocycles. The predicted octanol–water partition coefficient (Wildman–Crippen LogP) is 6.30. The average Bonchev–Trinajstić information content (AvgIpc) is 3.01. The van der Waals surface area contributed by atoms with Crippen molar-refractivity contribution in [1.82, 2.24) is 9.78 Å². The van der Waals surface area contributed by atoms with Crippen molar-refractivity contribution in [2.24, 2.45) is 5.92 Å². The third kappa shape index (κ3) is 7.67. The maximum absolute atomic E-state index is 13.2. The van der Waals surface area contributed by atoms with Gasteiger partial charge in [-0.05, 0) is 65.9 Å². The summed E-state index contributed by atoms with van der Waals surface area (Å²) in [6, 6.07) is 0. The molecule has 186 valence electrons. The zero-order valence-corrected chi connectivity index (χ0v) is 23.2. The standard InChI is InChI=1S/C20H34F3IN2O4SSi/c1-19(2,3)32(4,5)30-17(14-9-7-6-8-10-14)11-15(13-31(27,28)29)18-16(24)12-26(25-18)20(21,22)23/h12,14-15,17H,6-11,13H2,1-5H3,(H,27,28,29). The van der Waals surface area contributed by atoms with Crippen LogP contribution in [0.5, 0.6) is 0 Å². The molecule has 32 heavy (non-hydrogen) atoms. The molecular weight excluding hydrogens is 576 g/mol. The average molecular weight is 611 g/mol. The maximum Gasteiger partial charge on any atom is 0.504 e. The van der Waals surface area contributed by atoms with Crippen molar-refractivity contribution in [3.8, 4) is 0 Å². The summed E-state index contributed by atoms with van der Waals surface area (Å²) >= 11 is 1.74. The van der Waals surface area contributed by atoms with Gasteiger partial charge in [-0.15, -0.1) is 13.2 Å². The van der Waals surface area contributed by atoms with E-state index in [1.54, 1.807) is 22.6 Å². The van der Waals surface area contributed by atoms with Gasteiger partial charge in [0, 0.05) is 18.2 Å². The first-order valence-corrected chi connectivity index (χ1v) is 16.5. The topological polar surface area (TPSA) is 81.4 Å². The quantitative estimate of drug-likeness (QED) is 0.213. The second-order valence-electron chi connectivity index (χ2n) is 10.3. The fourth-order valence-electron chi connectivity index (χ4n) is 3.96. The normalized spacial score (nSPS) is 19.2. The van der Waals surface area contributed by atoms with Crippen LogP contribution in [-0.2, 0) is 20.8 Å². The molecule has 0 saturated heterocycles. The van der Waals surface area contributed by atoms with E-state index >= 15 is 0 Å². The number of nitrogens with zero attached hydrogens (tertiary/aromatic N) is 2. The van der Waals surface area contributed by atoms with Crippen LogP contribution >= 0.6 is 22.6 Å². The molecule has 2 rings (SSSR count). The fourth-order valence-corrected chi connectivity index (χ4v) is 6.98. The van der Waals surface area contributed by atoms with Crippen LogP contribution in [-0.4, -0.2) is 42.9 Å². The van der Waals surface area contributed by atoms with E-state index in [1.807, 2.05) is 0 Å². The molecule has 2 unspecified atom stereocenters. The summed E-state index contributed by atoms with van der Waals surface area (Å²) < 4.78 is 79.6. The third-order valence-electron chi connectivity index (χ3n) is 6.70. The molecule has 1 fully saturated rings. The van der Waals surface area contributed by atoms with Crippen LogP contribution in [0.15, 0.2) is 6.20 Å². The Kier molecular flexibility index (Phi) is 8.95. The predicted molar refractivity (Wildman–Crippen MR) is 129 cm³/mol. The molecule has 1 N–H and O–H groups in total. The summed E-state index contributed by atoms with van der Waals surface area (Å²) in [5.74, 6) is -1.40. The minimum absolute atomic E-state index is 0.0280. The number of aromatic nitrogens is 2. The zero-order chi connectivity index (χ0) is 24.5. The summed E-state index contributed by atoms with van der Waals surface area (Å²) in [6.07, 6.45) is 1.12. The largest absolute Gasteiger partial charge is 0.504 e. The molecule has 0 spiro atoms. The van der Waals surface area contributed by atoms with Crippen LogP contribution in [0.1, 0.15) is 70.9 Å². The van der Waals surface area contributed by atoms with E-state index in [0.717, 1.165) is 38.3 Å². The molecule has 1 heterocycles. The Hall–Kier alpha value is -0.183. The summed E-state index contributed by atoms with van der Waals surface area (Å²) in [7, 11) is -6.68. The van der Waals surface area contributed by atoms with Gasteiger partial charge in [0.25, 0.3) is 10.1 Å². The van der Waals surface area contributed by atoms with Crippen LogP contribution in [0.25, 0.3) is 0 Å². The molecule has 1 aromatic rings. The Labute approximate surface area is 203 Å². The lowest BCUT2D eigenvalue weighted by molar-refractivity contribution is -0.212. The summed E-state index contributed by atoms with van der Waals surface area (Å²) in [4.78, 5) is 0. The minimum Gasteiger partial charge on any atom is -0.414 e. The third-order valence-corrected chi connectivity index (χ3v) is 12.9. The van der Waals surface area contributed by atoms with Crippen molar-refractivity contribution in [2.45, 2.75) is 95.8 Å². The zero-order valence-electron chi connectivity index (χ0n) is 19.2. The van der Waals surface area contributed by atoms with Crippen molar-refractivity contribution in [1.29, 1.82) is 0 Å². The molecule has 0 aromatic carbocycles. The second-order valence-corrected chi connectivity index (χ2v) is 17.7. The summed E-state index contributed by atoms with van der Waals surface area (Å²) in [5.41, 5.74) is 0.0280. The SMILES string of the molecule is CC(C)(C)[Si](C)(C)OC(CC(CS(=O)(=O)O)c1nn(C(F)(F)F)cc1I)C1CCCCC1. The van der Waals surface area contributed by atoms with Crippen molar-refractivity contribution in [3.63, 3.8) is 0 Å². The van der Waals surface area contributed by atoms with E-state index < -0.39 is 36.4 Å². The highest BCUT2D eigenvalue weighted by atomic mass is 127. The highest BCUT2D eigenvalue weighted by molar-refractivity contribution is 14.1. The summed E-state index contributed by atoms with van der Waals surface area (Å²) in [5, 5.41) is 3.59. The Morgan fingerprint density at radius 3 is 2.25 bits per heavy atom. The van der Waals surface area contributed by atoms with Gasteiger partial charge in [-0.1, -0.05) is 40.0 Å². The first kappa shape index (κ1) is 28.1. The van der Waals surface area contributed by atoms with E-state index in [4.69, 9.17) is 4.43 Å². The number of hydrogen-bond donors (Lipinski definition) is 1. The lowest BCUT2D eigenvalue weighted by Gasteiger charge is -2.43. The molecule has 12 heteroatoms. The number of alkyl halides is 3. The van der Waals surface area contributed by atoms with E-state index in [1.165, 1.54) is 0 Å². The molecule has 1 aromatic heterocycles. The fraction of sp³-hybridized carbons (Fsp3) is 0.850. The van der Waals surface area contributed by atoms with Gasteiger partial charge in [0.1, 0.15) is 0 Å². The van der Waals surface area contributed by atoms with Gasteiger partial charge in [-0.3, -0.25) is 4.55 Å². The molecular formula is C20H34F3IN2O4SSi. The number of rotatable bonds is 8. The lowest BCUT2D eigenvalue weighted by Crippen LogP contribution is -2.46. The monoisotopic (exact) mass is 610 g/mol. The number of hydrogen-bond acceptors (Lipinski definition) is 4. The van der Waals surface area contributed by atoms with Gasteiger partial charge in [0.15, 0.2) is 8.32 Å². The van der Waals surface area contributed by atoms with E-state index in [-0.39, 0.29) is 37.4 Å². The van der Waals surface area contributed by atoms with Crippen molar-refractivity contribution in [3.05, 3.63) is 15.5 Å². The van der Waals surface area contributed by atoms with Gasteiger partial charge >= 0.3 is 6.30 Å².